The van der Waals surface area contributed by atoms with Crippen molar-refractivity contribution in [2.24, 2.45) is 5.73 Å². The van der Waals surface area contributed by atoms with Gasteiger partial charge in [0.25, 0.3) is 5.92 Å². The van der Waals surface area contributed by atoms with Gasteiger partial charge in [-0.1, -0.05) is 12.1 Å². The van der Waals surface area contributed by atoms with Crippen molar-refractivity contribution in [1.82, 2.24) is 0 Å². The molecule has 4 nitrogen and oxygen atoms in total. The second-order valence-corrected chi connectivity index (χ2v) is 4.03. The molecule has 1 atom stereocenters. The second-order valence-electron chi connectivity index (χ2n) is 4.03. The van der Waals surface area contributed by atoms with Crippen molar-refractivity contribution < 1.29 is 23.4 Å². The van der Waals surface area contributed by atoms with Crippen molar-refractivity contribution in [1.29, 1.82) is 0 Å². The number of benzene rings is 1. The van der Waals surface area contributed by atoms with Crippen molar-refractivity contribution in [3.05, 3.63) is 29.8 Å². The van der Waals surface area contributed by atoms with Gasteiger partial charge in [0.15, 0.2) is 5.41 Å². The van der Waals surface area contributed by atoms with E-state index in [1.807, 2.05) is 0 Å². The Bertz CT molecular complexity index is 445. The van der Waals surface area contributed by atoms with Gasteiger partial charge in [0.2, 0.25) is 0 Å². The van der Waals surface area contributed by atoms with Crippen LogP contribution in [0.25, 0.3) is 0 Å². The van der Waals surface area contributed by atoms with Gasteiger partial charge in [0.1, 0.15) is 5.75 Å². The van der Waals surface area contributed by atoms with E-state index in [4.69, 9.17) is 10.5 Å². The summed E-state index contributed by atoms with van der Waals surface area (Å²) in [6.45, 7) is -0.160. The first-order valence-electron chi connectivity index (χ1n) is 5.25. The number of methoxy groups -OCH3 is 1. The number of nitrogens with two attached hydrogens (primary N) is 1. The molecule has 0 fully saturated rings. The van der Waals surface area contributed by atoms with Crippen LogP contribution < -0.4 is 10.5 Å². The lowest BCUT2D eigenvalue weighted by Crippen LogP contribution is -2.55. The quantitative estimate of drug-likeness (QED) is 0.843. The molecule has 0 aliphatic carbocycles. The minimum absolute atomic E-state index is 0.0793. The third kappa shape index (κ3) is 2.15. The molecule has 1 rings (SSSR count). The van der Waals surface area contributed by atoms with Crippen molar-refractivity contribution >= 4 is 5.97 Å². The molecule has 0 amide bonds. The van der Waals surface area contributed by atoms with Crippen LogP contribution in [-0.2, 0) is 10.2 Å². The van der Waals surface area contributed by atoms with E-state index in [1.165, 1.54) is 25.3 Å². The summed E-state index contributed by atoms with van der Waals surface area (Å²) in [5.41, 5.74) is 2.78. The van der Waals surface area contributed by atoms with Crippen LogP contribution in [0.5, 0.6) is 5.75 Å². The molecule has 0 aliphatic rings. The molecule has 18 heavy (non-hydrogen) atoms. The number of halogens is 2. The Morgan fingerprint density at radius 2 is 2.11 bits per heavy atom. The Morgan fingerprint density at radius 1 is 1.50 bits per heavy atom. The molecule has 1 aromatic rings. The van der Waals surface area contributed by atoms with Crippen LogP contribution in [0.3, 0.4) is 0 Å². The first-order chi connectivity index (χ1) is 8.29. The third-order valence-corrected chi connectivity index (χ3v) is 2.98. The van der Waals surface area contributed by atoms with Crippen LogP contribution in [0.4, 0.5) is 8.78 Å². The van der Waals surface area contributed by atoms with Gasteiger partial charge in [-0.05, 0) is 17.7 Å². The van der Waals surface area contributed by atoms with Gasteiger partial charge in [0.05, 0.1) is 7.11 Å². The monoisotopic (exact) mass is 259 g/mol. The molecular weight excluding hydrogens is 244 g/mol. The van der Waals surface area contributed by atoms with Crippen LogP contribution in [0, 0.1) is 0 Å². The molecule has 0 saturated heterocycles. The highest BCUT2D eigenvalue weighted by molar-refractivity contribution is 5.83. The SMILES string of the molecule is COc1cccc(C(CN)(C(=O)O)C(C)(F)F)c1. The zero-order valence-electron chi connectivity index (χ0n) is 10.1. The number of carboxylic acids is 1. The molecule has 0 aliphatic heterocycles. The average Bonchev–Trinajstić information content (AvgIpc) is 2.28. The number of ether oxygens (including phenoxy) is 1. The molecule has 0 saturated carbocycles. The van der Waals surface area contributed by atoms with Crippen LogP contribution in [-0.4, -0.2) is 30.7 Å². The number of aliphatic carboxylic acids is 1. The van der Waals surface area contributed by atoms with Crippen molar-refractivity contribution in [3.63, 3.8) is 0 Å². The predicted molar refractivity (Wildman–Crippen MR) is 62.0 cm³/mol. The molecule has 0 radical (unpaired) electrons. The van der Waals surface area contributed by atoms with Crippen LogP contribution in [0.2, 0.25) is 0 Å². The van der Waals surface area contributed by atoms with E-state index in [9.17, 15) is 18.7 Å². The number of carbonyl (C=O) groups is 1. The Labute approximate surface area is 103 Å². The highest BCUT2D eigenvalue weighted by atomic mass is 19.3. The normalized spacial score (nSPS) is 14.9. The summed E-state index contributed by atoms with van der Waals surface area (Å²) in [6.07, 6.45) is 0. The predicted octanol–water partition coefficient (Wildman–Crippen LogP) is 1.63. The maximum atomic E-state index is 13.7. The fourth-order valence-corrected chi connectivity index (χ4v) is 1.84. The van der Waals surface area contributed by atoms with Crippen LogP contribution >= 0.6 is 0 Å². The van der Waals surface area contributed by atoms with Gasteiger partial charge in [-0.3, -0.25) is 4.79 Å². The fraction of sp³-hybridized carbons (Fsp3) is 0.417. The highest BCUT2D eigenvalue weighted by Crippen LogP contribution is 2.40. The molecule has 1 unspecified atom stereocenters. The van der Waals surface area contributed by atoms with Crippen LogP contribution in [0.1, 0.15) is 12.5 Å². The molecule has 1 aromatic carbocycles. The summed E-state index contributed by atoms with van der Waals surface area (Å²) in [7, 11) is 1.37. The largest absolute Gasteiger partial charge is 0.497 e. The van der Waals surface area contributed by atoms with Gasteiger partial charge < -0.3 is 15.6 Å². The lowest BCUT2D eigenvalue weighted by atomic mass is 9.75. The van der Waals surface area contributed by atoms with E-state index in [2.05, 4.69) is 0 Å². The van der Waals surface area contributed by atoms with Gasteiger partial charge in [-0.25, -0.2) is 8.78 Å². The molecule has 6 heteroatoms. The third-order valence-electron chi connectivity index (χ3n) is 2.98. The lowest BCUT2D eigenvalue weighted by Gasteiger charge is -2.34. The molecule has 0 heterocycles. The zero-order chi connectivity index (χ0) is 14.0. The topological polar surface area (TPSA) is 72.5 Å². The molecule has 0 bridgehead atoms. The Kier molecular flexibility index (Phi) is 3.91. The number of rotatable bonds is 5. The number of hydrogen-bond acceptors (Lipinski definition) is 3. The molecule has 100 valence electrons. The standard InChI is InChI=1S/C12H15F2NO3/c1-11(13,14)12(7-15,10(16)17)8-4-3-5-9(6-8)18-2/h3-6H,7,15H2,1-2H3,(H,16,17). The van der Waals surface area contributed by atoms with E-state index in [0.717, 1.165) is 0 Å². The summed E-state index contributed by atoms with van der Waals surface area (Å²) in [5.74, 6) is -4.86. The van der Waals surface area contributed by atoms with Gasteiger partial charge >= 0.3 is 5.97 Å². The maximum Gasteiger partial charge on any atom is 0.321 e. The molecule has 0 aromatic heterocycles. The van der Waals surface area contributed by atoms with E-state index in [1.54, 1.807) is 6.07 Å². The van der Waals surface area contributed by atoms with Gasteiger partial charge in [-0.15, -0.1) is 0 Å². The highest BCUT2D eigenvalue weighted by Gasteiger charge is 2.56. The van der Waals surface area contributed by atoms with Crippen LogP contribution in [0.15, 0.2) is 24.3 Å². The van der Waals surface area contributed by atoms with Gasteiger partial charge in [0, 0.05) is 13.5 Å². The Hall–Kier alpha value is -1.69. The Balaban J connectivity index is 3.47. The molecule has 3 N–H and O–H groups in total. The van der Waals surface area contributed by atoms with E-state index in [-0.39, 0.29) is 5.56 Å². The maximum absolute atomic E-state index is 13.7. The van der Waals surface area contributed by atoms with E-state index >= 15 is 0 Å². The molecular formula is C12H15F2NO3. The minimum Gasteiger partial charge on any atom is -0.497 e. The van der Waals surface area contributed by atoms with Crippen molar-refractivity contribution in [2.45, 2.75) is 18.3 Å². The summed E-state index contributed by atoms with van der Waals surface area (Å²) in [6, 6.07) is 5.56. The number of hydrogen-bond donors (Lipinski definition) is 2. The van der Waals surface area contributed by atoms with E-state index < -0.39 is 23.9 Å². The Morgan fingerprint density at radius 3 is 2.50 bits per heavy atom. The number of carboxylic acid groups (broad SMARTS) is 1. The number of alkyl halides is 2. The summed E-state index contributed by atoms with van der Waals surface area (Å²) >= 11 is 0. The van der Waals surface area contributed by atoms with Gasteiger partial charge in [-0.2, -0.15) is 0 Å². The van der Waals surface area contributed by atoms with Crippen molar-refractivity contribution in [2.75, 3.05) is 13.7 Å². The summed E-state index contributed by atoms with van der Waals surface area (Å²) in [4.78, 5) is 11.3. The summed E-state index contributed by atoms with van der Waals surface area (Å²) < 4.78 is 32.3. The molecule has 0 spiro atoms. The van der Waals surface area contributed by atoms with Crippen molar-refractivity contribution in [3.8, 4) is 5.75 Å². The lowest BCUT2D eigenvalue weighted by molar-refractivity contribution is -0.159. The minimum atomic E-state index is -3.50. The first kappa shape index (κ1) is 14.4. The zero-order valence-corrected chi connectivity index (χ0v) is 10.1. The first-order valence-corrected chi connectivity index (χ1v) is 5.25. The smallest absolute Gasteiger partial charge is 0.321 e. The average molecular weight is 259 g/mol. The van der Waals surface area contributed by atoms with E-state index in [0.29, 0.717) is 12.7 Å². The fourth-order valence-electron chi connectivity index (χ4n) is 1.84. The second kappa shape index (κ2) is 4.89. The summed E-state index contributed by atoms with van der Waals surface area (Å²) in [5, 5.41) is 9.18.